The maximum absolute atomic E-state index is 13.8. The van der Waals surface area contributed by atoms with E-state index in [4.69, 9.17) is 4.74 Å². The molecule has 28 heavy (non-hydrogen) atoms. The molecule has 1 amide bonds. The van der Waals surface area contributed by atoms with Crippen molar-refractivity contribution in [1.29, 1.82) is 0 Å². The van der Waals surface area contributed by atoms with Gasteiger partial charge in [0.2, 0.25) is 0 Å². The zero-order valence-electron chi connectivity index (χ0n) is 14.8. The fourth-order valence-electron chi connectivity index (χ4n) is 2.45. The van der Waals surface area contributed by atoms with Gasteiger partial charge in [0.15, 0.2) is 17.5 Å². The lowest BCUT2D eigenvalue weighted by molar-refractivity contribution is 0.102. The van der Waals surface area contributed by atoms with Crippen molar-refractivity contribution < 1.29 is 22.7 Å². The maximum atomic E-state index is 13.8. The van der Waals surface area contributed by atoms with Gasteiger partial charge in [0, 0.05) is 11.8 Å². The SMILES string of the molecule is CCOc1ccccc1NC(=O)c1ccnc(Nc2ccc(F)c(F)c2F)c1. The zero-order chi connectivity index (χ0) is 20.1. The fourth-order valence-corrected chi connectivity index (χ4v) is 2.45. The van der Waals surface area contributed by atoms with Gasteiger partial charge in [0.05, 0.1) is 18.0 Å². The smallest absolute Gasteiger partial charge is 0.255 e. The number of hydrogen-bond acceptors (Lipinski definition) is 4. The summed E-state index contributed by atoms with van der Waals surface area (Å²) in [6.45, 7) is 2.27. The highest BCUT2D eigenvalue weighted by Gasteiger charge is 2.15. The van der Waals surface area contributed by atoms with E-state index in [-0.39, 0.29) is 17.1 Å². The van der Waals surface area contributed by atoms with E-state index in [2.05, 4.69) is 15.6 Å². The van der Waals surface area contributed by atoms with Gasteiger partial charge in [0.25, 0.3) is 5.91 Å². The summed E-state index contributed by atoms with van der Waals surface area (Å²) in [5.41, 5.74) is 0.421. The molecule has 0 spiro atoms. The van der Waals surface area contributed by atoms with Crippen LogP contribution in [0.1, 0.15) is 17.3 Å². The molecule has 0 aliphatic carbocycles. The number of amides is 1. The number of hydrogen-bond donors (Lipinski definition) is 2. The molecule has 0 unspecified atom stereocenters. The molecule has 1 heterocycles. The van der Waals surface area contributed by atoms with Crippen LogP contribution in [0.15, 0.2) is 54.7 Å². The topological polar surface area (TPSA) is 63.2 Å². The predicted molar refractivity (Wildman–Crippen MR) is 99.4 cm³/mol. The van der Waals surface area contributed by atoms with Gasteiger partial charge >= 0.3 is 0 Å². The van der Waals surface area contributed by atoms with E-state index < -0.39 is 23.4 Å². The number of ether oxygens (including phenoxy) is 1. The average Bonchev–Trinajstić information content (AvgIpc) is 2.70. The summed E-state index contributed by atoms with van der Waals surface area (Å²) in [5.74, 6) is -4.08. The number of carbonyl (C=O) groups excluding carboxylic acids is 1. The lowest BCUT2D eigenvalue weighted by Gasteiger charge is -2.12. The molecule has 0 saturated carbocycles. The number of benzene rings is 2. The van der Waals surface area contributed by atoms with Crippen LogP contribution in [0, 0.1) is 17.5 Å². The number of aromatic nitrogens is 1. The highest BCUT2D eigenvalue weighted by Crippen LogP contribution is 2.25. The van der Waals surface area contributed by atoms with Gasteiger partial charge < -0.3 is 15.4 Å². The largest absolute Gasteiger partial charge is 0.492 e. The van der Waals surface area contributed by atoms with Crippen LogP contribution in [-0.2, 0) is 0 Å². The molecule has 0 atom stereocenters. The minimum atomic E-state index is -1.59. The van der Waals surface area contributed by atoms with Gasteiger partial charge in [-0.2, -0.15) is 0 Å². The van der Waals surface area contributed by atoms with Crippen molar-refractivity contribution in [3.8, 4) is 5.75 Å². The zero-order valence-corrected chi connectivity index (χ0v) is 14.8. The van der Waals surface area contributed by atoms with Crippen LogP contribution in [0.25, 0.3) is 0 Å². The number of carbonyl (C=O) groups is 1. The maximum Gasteiger partial charge on any atom is 0.255 e. The molecule has 0 radical (unpaired) electrons. The van der Waals surface area contributed by atoms with Gasteiger partial charge in [-0.05, 0) is 43.3 Å². The van der Waals surface area contributed by atoms with E-state index in [1.54, 1.807) is 24.3 Å². The standard InChI is InChI=1S/C20H16F3N3O2/c1-2-28-16-6-4-3-5-14(16)26-20(27)12-9-10-24-17(11-12)25-15-8-7-13(21)18(22)19(15)23/h3-11H,2H2,1H3,(H,24,25)(H,26,27). The Morgan fingerprint density at radius 3 is 2.61 bits per heavy atom. The Labute approximate surface area is 159 Å². The third-order valence-corrected chi connectivity index (χ3v) is 3.76. The van der Waals surface area contributed by atoms with E-state index in [0.717, 1.165) is 12.1 Å². The fraction of sp³-hybridized carbons (Fsp3) is 0.100. The summed E-state index contributed by atoms with van der Waals surface area (Å²) in [6, 6.07) is 11.6. The molecular formula is C20H16F3N3O2. The van der Waals surface area contributed by atoms with E-state index in [1.165, 1.54) is 18.3 Å². The number of halogens is 3. The first-order valence-electron chi connectivity index (χ1n) is 8.39. The molecule has 3 aromatic rings. The Morgan fingerprint density at radius 2 is 1.82 bits per heavy atom. The molecule has 2 N–H and O–H groups in total. The molecule has 0 bridgehead atoms. The summed E-state index contributed by atoms with van der Waals surface area (Å²) >= 11 is 0. The van der Waals surface area contributed by atoms with Crippen molar-refractivity contribution in [2.45, 2.75) is 6.92 Å². The molecule has 0 aliphatic rings. The summed E-state index contributed by atoms with van der Waals surface area (Å²) in [6.07, 6.45) is 1.34. The third-order valence-electron chi connectivity index (χ3n) is 3.76. The van der Waals surface area contributed by atoms with Crippen LogP contribution >= 0.6 is 0 Å². The highest BCUT2D eigenvalue weighted by atomic mass is 19.2. The number of anilines is 3. The second-order valence-corrected chi connectivity index (χ2v) is 5.66. The Balaban J connectivity index is 1.80. The van der Waals surface area contributed by atoms with Crippen molar-refractivity contribution >= 4 is 23.1 Å². The van der Waals surface area contributed by atoms with Crippen LogP contribution < -0.4 is 15.4 Å². The first kappa shape index (κ1) is 19.2. The molecule has 0 saturated heterocycles. The second kappa shape index (κ2) is 8.43. The number of rotatable bonds is 6. The van der Waals surface area contributed by atoms with Gasteiger partial charge in [-0.1, -0.05) is 12.1 Å². The van der Waals surface area contributed by atoms with Crippen molar-refractivity contribution in [2.24, 2.45) is 0 Å². The molecule has 144 valence electrons. The first-order chi connectivity index (χ1) is 13.5. The predicted octanol–water partition coefficient (Wildman–Crippen LogP) is 4.89. The molecule has 0 aliphatic heterocycles. The molecule has 8 heteroatoms. The monoisotopic (exact) mass is 387 g/mol. The number of para-hydroxylation sites is 2. The van der Waals surface area contributed by atoms with Crippen LogP contribution in [0.3, 0.4) is 0 Å². The Hall–Kier alpha value is -3.55. The second-order valence-electron chi connectivity index (χ2n) is 5.66. The number of nitrogens with zero attached hydrogens (tertiary/aromatic N) is 1. The summed E-state index contributed by atoms with van der Waals surface area (Å²) in [7, 11) is 0. The van der Waals surface area contributed by atoms with E-state index in [9.17, 15) is 18.0 Å². The normalized spacial score (nSPS) is 10.4. The van der Waals surface area contributed by atoms with Crippen molar-refractivity contribution in [1.82, 2.24) is 4.98 Å². The summed E-state index contributed by atoms with van der Waals surface area (Å²) in [4.78, 5) is 16.5. The van der Waals surface area contributed by atoms with Crippen molar-refractivity contribution in [3.63, 3.8) is 0 Å². The van der Waals surface area contributed by atoms with Crippen LogP contribution in [0.5, 0.6) is 5.75 Å². The van der Waals surface area contributed by atoms with Gasteiger partial charge in [-0.25, -0.2) is 18.2 Å². The lowest BCUT2D eigenvalue weighted by Crippen LogP contribution is -2.13. The van der Waals surface area contributed by atoms with Crippen molar-refractivity contribution in [2.75, 3.05) is 17.2 Å². The molecule has 5 nitrogen and oxygen atoms in total. The number of pyridine rings is 1. The molecule has 2 aromatic carbocycles. The first-order valence-corrected chi connectivity index (χ1v) is 8.39. The molecule has 1 aromatic heterocycles. The van der Waals surface area contributed by atoms with Crippen LogP contribution in [0.4, 0.5) is 30.4 Å². The van der Waals surface area contributed by atoms with E-state index in [1.807, 2.05) is 6.92 Å². The van der Waals surface area contributed by atoms with Crippen LogP contribution in [0.2, 0.25) is 0 Å². The van der Waals surface area contributed by atoms with E-state index >= 15 is 0 Å². The lowest BCUT2D eigenvalue weighted by atomic mass is 10.2. The Bertz CT molecular complexity index is 1010. The Kier molecular flexibility index (Phi) is 5.78. The highest BCUT2D eigenvalue weighted by molar-refractivity contribution is 6.05. The van der Waals surface area contributed by atoms with Gasteiger partial charge in [-0.3, -0.25) is 4.79 Å². The van der Waals surface area contributed by atoms with Crippen molar-refractivity contribution in [3.05, 3.63) is 77.7 Å². The minimum absolute atomic E-state index is 0.0932. The van der Waals surface area contributed by atoms with E-state index in [0.29, 0.717) is 18.0 Å². The third kappa shape index (κ3) is 4.22. The summed E-state index contributed by atoms with van der Waals surface area (Å²) < 4.78 is 45.7. The van der Waals surface area contributed by atoms with Gasteiger partial charge in [-0.15, -0.1) is 0 Å². The summed E-state index contributed by atoms with van der Waals surface area (Å²) in [5, 5.41) is 5.26. The Morgan fingerprint density at radius 1 is 1.04 bits per heavy atom. The molecule has 3 rings (SSSR count). The average molecular weight is 387 g/mol. The van der Waals surface area contributed by atoms with Gasteiger partial charge in [0.1, 0.15) is 11.6 Å². The molecular weight excluding hydrogens is 371 g/mol. The van der Waals surface area contributed by atoms with Crippen LogP contribution in [-0.4, -0.2) is 17.5 Å². The minimum Gasteiger partial charge on any atom is -0.492 e. The quantitative estimate of drug-likeness (QED) is 0.591. The molecule has 0 fully saturated rings. The number of nitrogens with one attached hydrogen (secondary N) is 2.